The number of imidazole rings is 1. The topological polar surface area (TPSA) is 38.5 Å². The second kappa shape index (κ2) is 3.70. The summed E-state index contributed by atoms with van der Waals surface area (Å²) in [6.45, 7) is 7.67. The van der Waals surface area contributed by atoms with Crippen LogP contribution in [0.5, 0.6) is 0 Å². The lowest BCUT2D eigenvalue weighted by molar-refractivity contribution is 0.309. The van der Waals surface area contributed by atoms with Gasteiger partial charge in [0.2, 0.25) is 0 Å². The quantitative estimate of drug-likeness (QED) is 0.865. The highest BCUT2D eigenvalue weighted by Gasteiger charge is 2.46. The van der Waals surface area contributed by atoms with Crippen molar-refractivity contribution in [3.63, 3.8) is 0 Å². The first kappa shape index (κ1) is 12.0. The third-order valence-electron chi connectivity index (χ3n) is 4.51. The minimum Gasteiger partial charge on any atom is -0.328 e. The zero-order valence-electron chi connectivity index (χ0n) is 11.4. The van der Waals surface area contributed by atoms with Gasteiger partial charge in [0.1, 0.15) is 5.52 Å². The normalized spacial score (nSPS) is 17.8. The lowest BCUT2D eigenvalue weighted by atomic mass is 9.92. The van der Waals surface area contributed by atoms with Crippen molar-refractivity contribution in [2.75, 3.05) is 0 Å². The smallest absolute Gasteiger partial charge is 0.179 e. The van der Waals surface area contributed by atoms with Crippen LogP contribution in [0.2, 0.25) is 0 Å². The first-order valence-corrected chi connectivity index (χ1v) is 6.97. The highest BCUT2D eigenvalue weighted by Crippen LogP contribution is 2.53. The van der Waals surface area contributed by atoms with Crippen LogP contribution in [0.25, 0.3) is 11.2 Å². The second-order valence-corrected chi connectivity index (χ2v) is 6.33. The Kier molecular flexibility index (Phi) is 2.46. The number of aryl methyl sites for hydroxylation is 2. The average Bonchev–Trinajstić information content (AvgIpc) is 2.93. The van der Waals surface area contributed by atoms with Gasteiger partial charge in [-0.1, -0.05) is 13.8 Å². The van der Waals surface area contributed by atoms with E-state index in [0.717, 1.165) is 28.2 Å². The van der Waals surface area contributed by atoms with Crippen LogP contribution >= 0.6 is 12.2 Å². The van der Waals surface area contributed by atoms with E-state index >= 15 is 0 Å². The first-order chi connectivity index (χ1) is 8.44. The van der Waals surface area contributed by atoms with Crippen LogP contribution in [-0.2, 0) is 13.6 Å². The predicted octanol–water partition coefficient (Wildman–Crippen LogP) is 3.18. The van der Waals surface area contributed by atoms with E-state index in [2.05, 4.69) is 28.5 Å². The van der Waals surface area contributed by atoms with Crippen LogP contribution in [0.3, 0.4) is 0 Å². The van der Waals surface area contributed by atoms with Gasteiger partial charge in [0, 0.05) is 13.6 Å². The molecule has 2 heterocycles. The van der Waals surface area contributed by atoms with E-state index in [1.807, 2.05) is 18.7 Å². The molecule has 1 aliphatic carbocycles. The molecule has 2 aromatic heterocycles. The summed E-state index contributed by atoms with van der Waals surface area (Å²) < 4.78 is 5.00. The maximum absolute atomic E-state index is 5.47. The Labute approximate surface area is 112 Å². The number of aromatic amines is 1. The summed E-state index contributed by atoms with van der Waals surface area (Å²) >= 11 is 5.47. The maximum Gasteiger partial charge on any atom is 0.179 e. The van der Waals surface area contributed by atoms with Crippen LogP contribution in [0, 0.1) is 23.0 Å². The van der Waals surface area contributed by atoms with Crippen LogP contribution in [-0.4, -0.2) is 19.3 Å². The molecule has 0 atom stereocenters. The summed E-state index contributed by atoms with van der Waals surface area (Å²) in [7, 11) is 1.99. The third kappa shape index (κ3) is 1.56. The van der Waals surface area contributed by atoms with Crippen molar-refractivity contribution in [1.82, 2.24) is 19.3 Å². The van der Waals surface area contributed by atoms with Crippen molar-refractivity contribution in [3.05, 3.63) is 10.5 Å². The van der Waals surface area contributed by atoms with Gasteiger partial charge in [-0.15, -0.1) is 0 Å². The molecule has 2 aromatic rings. The molecule has 1 N–H and O–H groups in total. The highest BCUT2D eigenvalue weighted by atomic mass is 32.1. The fourth-order valence-corrected chi connectivity index (χ4v) is 3.17. The third-order valence-corrected chi connectivity index (χ3v) is 4.84. The molecule has 0 bridgehead atoms. The number of rotatable bonds is 3. The lowest BCUT2D eigenvalue weighted by Crippen LogP contribution is -2.18. The fraction of sp³-hybridized carbons (Fsp3) is 0.692. The van der Waals surface area contributed by atoms with Crippen molar-refractivity contribution in [2.45, 2.75) is 40.2 Å². The van der Waals surface area contributed by atoms with E-state index in [0.29, 0.717) is 11.3 Å². The summed E-state index contributed by atoms with van der Waals surface area (Å²) in [6, 6.07) is 0. The number of nitrogens with one attached hydrogen (secondary N) is 1. The summed E-state index contributed by atoms with van der Waals surface area (Å²) in [4.78, 5) is 3.30. The Morgan fingerprint density at radius 2 is 2.11 bits per heavy atom. The molecule has 1 aliphatic rings. The van der Waals surface area contributed by atoms with Gasteiger partial charge < -0.3 is 9.55 Å². The molecule has 4 nitrogen and oxygen atoms in total. The van der Waals surface area contributed by atoms with Crippen molar-refractivity contribution in [1.29, 1.82) is 0 Å². The molecule has 0 saturated heterocycles. The SMILES string of the molecule is Cc1nn(C)c2c1[nH]c(=S)n2CC1(C(C)C)CC1. The van der Waals surface area contributed by atoms with Crippen LogP contribution in [0.15, 0.2) is 0 Å². The minimum absolute atomic E-state index is 0.450. The van der Waals surface area contributed by atoms with Crippen molar-refractivity contribution >= 4 is 23.4 Å². The van der Waals surface area contributed by atoms with E-state index in [1.54, 1.807) is 0 Å². The molecule has 1 fully saturated rings. The largest absolute Gasteiger partial charge is 0.328 e. The predicted molar refractivity (Wildman–Crippen MR) is 75.1 cm³/mol. The van der Waals surface area contributed by atoms with E-state index in [-0.39, 0.29) is 0 Å². The van der Waals surface area contributed by atoms with Gasteiger partial charge in [-0.05, 0) is 43.3 Å². The standard InChI is InChI=1S/C13H20N4S/c1-8(2)13(5-6-13)7-17-11-10(14-12(17)18)9(3)15-16(11)4/h8H,5-7H2,1-4H3,(H,14,18). The van der Waals surface area contributed by atoms with E-state index in [9.17, 15) is 0 Å². The van der Waals surface area contributed by atoms with Gasteiger partial charge in [-0.3, -0.25) is 4.68 Å². The molecule has 98 valence electrons. The second-order valence-electron chi connectivity index (χ2n) is 5.94. The number of aromatic nitrogens is 4. The lowest BCUT2D eigenvalue weighted by Gasteiger charge is -2.20. The number of H-pyrrole nitrogens is 1. The number of fused-ring (bicyclic) bond motifs is 1. The molecule has 0 aliphatic heterocycles. The summed E-state index contributed by atoms with van der Waals surface area (Å²) in [5.74, 6) is 0.707. The number of nitrogens with zero attached hydrogens (tertiary/aromatic N) is 3. The van der Waals surface area contributed by atoms with Gasteiger partial charge in [0.15, 0.2) is 10.4 Å². The van der Waals surface area contributed by atoms with Crippen molar-refractivity contribution < 1.29 is 0 Å². The summed E-state index contributed by atoms with van der Waals surface area (Å²) in [5.41, 5.74) is 3.68. The van der Waals surface area contributed by atoms with Gasteiger partial charge in [-0.25, -0.2) is 0 Å². The molecule has 0 radical (unpaired) electrons. The molecule has 3 rings (SSSR count). The molecule has 0 aromatic carbocycles. The molecule has 0 spiro atoms. The van der Waals surface area contributed by atoms with Gasteiger partial charge >= 0.3 is 0 Å². The summed E-state index contributed by atoms with van der Waals surface area (Å²) in [6.07, 6.45) is 2.63. The van der Waals surface area contributed by atoms with Gasteiger partial charge in [0.25, 0.3) is 0 Å². The van der Waals surface area contributed by atoms with Gasteiger partial charge in [-0.2, -0.15) is 5.10 Å². The van der Waals surface area contributed by atoms with Crippen molar-refractivity contribution in [3.8, 4) is 0 Å². The molecular weight excluding hydrogens is 244 g/mol. The van der Waals surface area contributed by atoms with Crippen LogP contribution in [0.4, 0.5) is 0 Å². The monoisotopic (exact) mass is 264 g/mol. The van der Waals surface area contributed by atoms with Gasteiger partial charge in [0.05, 0.1) is 5.69 Å². The van der Waals surface area contributed by atoms with Crippen LogP contribution in [0.1, 0.15) is 32.4 Å². The first-order valence-electron chi connectivity index (χ1n) is 6.57. The Hall–Kier alpha value is -1.10. The Morgan fingerprint density at radius 3 is 2.67 bits per heavy atom. The van der Waals surface area contributed by atoms with E-state index in [4.69, 9.17) is 12.2 Å². The molecule has 5 heteroatoms. The Bertz CT molecular complexity index is 654. The van der Waals surface area contributed by atoms with E-state index < -0.39 is 0 Å². The maximum atomic E-state index is 5.47. The molecular formula is C13H20N4S. The fourth-order valence-electron chi connectivity index (χ4n) is 2.91. The molecule has 18 heavy (non-hydrogen) atoms. The molecule has 0 unspecified atom stereocenters. The van der Waals surface area contributed by atoms with E-state index in [1.165, 1.54) is 12.8 Å². The van der Waals surface area contributed by atoms with Crippen molar-refractivity contribution in [2.24, 2.45) is 18.4 Å². The van der Waals surface area contributed by atoms with Crippen LogP contribution < -0.4 is 0 Å². The zero-order chi connectivity index (χ0) is 13.1. The highest BCUT2D eigenvalue weighted by molar-refractivity contribution is 7.71. The number of hydrogen-bond donors (Lipinski definition) is 1. The molecule has 0 amide bonds. The number of hydrogen-bond acceptors (Lipinski definition) is 2. The zero-order valence-corrected chi connectivity index (χ0v) is 12.3. The minimum atomic E-state index is 0.450. The Morgan fingerprint density at radius 1 is 1.44 bits per heavy atom. The average molecular weight is 264 g/mol. The summed E-state index contributed by atoms with van der Waals surface area (Å²) in [5, 5.41) is 4.47. The molecule has 1 saturated carbocycles. The Balaban J connectivity index is 2.12.